The first-order valence-electron chi connectivity index (χ1n) is 10.3. The molecule has 0 radical (unpaired) electrons. The fourth-order valence-electron chi connectivity index (χ4n) is 3.41. The molecule has 2 aromatic carbocycles. The third-order valence-corrected chi connectivity index (χ3v) is 5.04. The molecule has 7 nitrogen and oxygen atoms in total. The van der Waals surface area contributed by atoms with Crippen LogP contribution in [0, 0.1) is 0 Å². The van der Waals surface area contributed by atoms with E-state index in [2.05, 4.69) is 10.3 Å². The Balaban J connectivity index is 1.47. The number of hydrogen-bond donors (Lipinski definition) is 2. The van der Waals surface area contributed by atoms with Crippen LogP contribution in [-0.4, -0.2) is 40.3 Å². The summed E-state index contributed by atoms with van der Waals surface area (Å²) >= 11 is 0. The van der Waals surface area contributed by atoms with Crippen molar-refractivity contribution in [3.8, 4) is 11.6 Å². The lowest BCUT2D eigenvalue weighted by molar-refractivity contribution is 0.144. The zero-order chi connectivity index (χ0) is 21.5. The second-order valence-corrected chi connectivity index (χ2v) is 7.40. The minimum atomic E-state index is -0.927. The van der Waals surface area contributed by atoms with Gasteiger partial charge in [0.05, 0.1) is 6.54 Å². The number of aromatic nitrogens is 1. The van der Waals surface area contributed by atoms with Crippen molar-refractivity contribution < 1.29 is 19.4 Å². The Labute approximate surface area is 181 Å². The van der Waals surface area contributed by atoms with E-state index in [1.54, 1.807) is 6.07 Å². The van der Waals surface area contributed by atoms with Crippen molar-refractivity contribution in [1.82, 2.24) is 9.88 Å². The van der Waals surface area contributed by atoms with E-state index in [1.807, 2.05) is 66.7 Å². The third-order valence-electron chi connectivity index (χ3n) is 5.04. The van der Waals surface area contributed by atoms with Gasteiger partial charge in [0.2, 0.25) is 5.88 Å². The van der Waals surface area contributed by atoms with Crippen LogP contribution in [0.15, 0.2) is 72.8 Å². The van der Waals surface area contributed by atoms with Gasteiger partial charge in [-0.3, -0.25) is 0 Å². The van der Waals surface area contributed by atoms with Crippen molar-refractivity contribution in [2.75, 3.05) is 18.4 Å². The molecule has 1 fully saturated rings. The number of amides is 1. The number of likely N-dealkylation sites (tertiary alicyclic amines) is 1. The second kappa shape index (κ2) is 9.84. The van der Waals surface area contributed by atoms with Gasteiger partial charge in [0, 0.05) is 31.6 Å². The first kappa shape index (κ1) is 20.5. The van der Waals surface area contributed by atoms with E-state index in [4.69, 9.17) is 14.6 Å². The van der Waals surface area contributed by atoms with E-state index in [0.717, 1.165) is 11.1 Å². The minimum Gasteiger partial charge on any atom is -0.489 e. The van der Waals surface area contributed by atoms with Crippen LogP contribution in [0.5, 0.6) is 11.6 Å². The van der Waals surface area contributed by atoms with Crippen LogP contribution in [0.4, 0.5) is 10.6 Å². The molecule has 2 N–H and O–H groups in total. The number of benzene rings is 2. The van der Waals surface area contributed by atoms with E-state index in [-0.39, 0.29) is 6.10 Å². The predicted octanol–water partition coefficient (Wildman–Crippen LogP) is 4.40. The summed E-state index contributed by atoms with van der Waals surface area (Å²) in [4.78, 5) is 17.1. The lowest BCUT2D eigenvalue weighted by atomic mass is 10.2. The van der Waals surface area contributed by atoms with E-state index >= 15 is 0 Å². The summed E-state index contributed by atoms with van der Waals surface area (Å²) in [6.07, 6.45) is -0.519. The predicted molar refractivity (Wildman–Crippen MR) is 117 cm³/mol. The quantitative estimate of drug-likeness (QED) is 0.563. The van der Waals surface area contributed by atoms with Crippen LogP contribution < -0.4 is 14.8 Å². The van der Waals surface area contributed by atoms with Crippen molar-refractivity contribution in [2.45, 2.75) is 25.7 Å². The molecule has 1 saturated heterocycles. The maximum Gasteiger partial charge on any atom is 0.407 e. The maximum absolute atomic E-state index is 11.2. The SMILES string of the molecule is O=C(O)N1CCC(Oc2cc(OCc3ccccc3)cc(NCc3ccccc3)n2)C1. The molecule has 160 valence electrons. The van der Waals surface area contributed by atoms with Gasteiger partial charge in [0.15, 0.2) is 0 Å². The topological polar surface area (TPSA) is 83.9 Å². The Morgan fingerprint density at radius 1 is 1.06 bits per heavy atom. The number of anilines is 1. The maximum atomic E-state index is 11.2. The normalized spacial score (nSPS) is 15.5. The fraction of sp³-hybridized carbons (Fsp3) is 0.250. The number of nitrogens with one attached hydrogen (secondary N) is 1. The van der Waals surface area contributed by atoms with E-state index in [9.17, 15) is 4.79 Å². The van der Waals surface area contributed by atoms with Gasteiger partial charge in [-0.2, -0.15) is 4.98 Å². The van der Waals surface area contributed by atoms with Gasteiger partial charge in [0.25, 0.3) is 0 Å². The monoisotopic (exact) mass is 419 g/mol. The lowest BCUT2D eigenvalue weighted by Crippen LogP contribution is -2.29. The highest BCUT2D eigenvalue weighted by Crippen LogP contribution is 2.26. The molecule has 7 heteroatoms. The first-order chi connectivity index (χ1) is 15.2. The molecule has 1 aliphatic rings. The van der Waals surface area contributed by atoms with Crippen LogP contribution in [0.1, 0.15) is 17.5 Å². The van der Waals surface area contributed by atoms with E-state index in [0.29, 0.717) is 50.1 Å². The van der Waals surface area contributed by atoms with Crippen molar-refractivity contribution in [3.05, 3.63) is 83.9 Å². The standard InChI is InChI=1S/C24H25N3O4/c28-24(29)27-12-11-20(16-27)31-23-14-21(30-17-19-9-5-2-6-10-19)13-22(26-23)25-15-18-7-3-1-4-8-18/h1-10,13-14,20H,11-12,15-17H2,(H,25,26)(H,28,29). The molecule has 1 unspecified atom stereocenters. The molecule has 1 atom stereocenters. The number of nitrogens with zero attached hydrogens (tertiary/aromatic N) is 2. The largest absolute Gasteiger partial charge is 0.489 e. The number of carboxylic acid groups (broad SMARTS) is 1. The van der Waals surface area contributed by atoms with Crippen LogP contribution in [0.25, 0.3) is 0 Å². The molecular weight excluding hydrogens is 394 g/mol. The third kappa shape index (κ3) is 5.88. The second-order valence-electron chi connectivity index (χ2n) is 7.40. The highest BCUT2D eigenvalue weighted by molar-refractivity contribution is 5.65. The van der Waals surface area contributed by atoms with E-state index < -0.39 is 6.09 Å². The zero-order valence-electron chi connectivity index (χ0n) is 17.1. The molecular formula is C24H25N3O4. The summed E-state index contributed by atoms with van der Waals surface area (Å²) in [6, 6.07) is 23.6. The van der Waals surface area contributed by atoms with Gasteiger partial charge >= 0.3 is 6.09 Å². The summed E-state index contributed by atoms with van der Waals surface area (Å²) in [5.41, 5.74) is 2.20. The number of carbonyl (C=O) groups is 1. The highest BCUT2D eigenvalue weighted by Gasteiger charge is 2.27. The molecule has 0 saturated carbocycles. The van der Waals surface area contributed by atoms with Gasteiger partial charge < -0.3 is 24.8 Å². The van der Waals surface area contributed by atoms with Gasteiger partial charge in [-0.25, -0.2) is 4.79 Å². The van der Waals surface area contributed by atoms with Crippen LogP contribution in [0.3, 0.4) is 0 Å². The molecule has 2 heterocycles. The average Bonchev–Trinajstić information content (AvgIpc) is 3.26. The van der Waals surface area contributed by atoms with Crippen LogP contribution in [-0.2, 0) is 13.2 Å². The van der Waals surface area contributed by atoms with Crippen LogP contribution in [0.2, 0.25) is 0 Å². The Morgan fingerprint density at radius 2 is 1.77 bits per heavy atom. The van der Waals surface area contributed by atoms with Crippen LogP contribution >= 0.6 is 0 Å². The van der Waals surface area contributed by atoms with Gasteiger partial charge in [0.1, 0.15) is 24.3 Å². The van der Waals surface area contributed by atoms with Crippen molar-refractivity contribution in [3.63, 3.8) is 0 Å². The summed E-state index contributed by atoms with van der Waals surface area (Å²) in [5.74, 6) is 1.69. The number of ether oxygens (including phenoxy) is 2. The van der Waals surface area contributed by atoms with Crippen molar-refractivity contribution >= 4 is 11.9 Å². The Kier molecular flexibility index (Phi) is 6.52. The highest BCUT2D eigenvalue weighted by atomic mass is 16.5. The van der Waals surface area contributed by atoms with Gasteiger partial charge in [-0.05, 0) is 11.1 Å². The Bertz CT molecular complexity index is 936. The Hall–Kier alpha value is -3.74. The summed E-state index contributed by atoms with van der Waals surface area (Å²) in [6.45, 7) is 1.84. The van der Waals surface area contributed by atoms with Crippen molar-refractivity contribution in [1.29, 1.82) is 0 Å². The molecule has 0 aliphatic carbocycles. The molecule has 1 amide bonds. The summed E-state index contributed by atoms with van der Waals surface area (Å²) in [5, 5.41) is 12.5. The first-order valence-corrected chi connectivity index (χ1v) is 10.3. The van der Waals surface area contributed by atoms with Gasteiger partial charge in [-0.15, -0.1) is 0 Å². The molecule has 4 rings (SSSR count). The molecule has 3 aromatic rings. The lowest BCUT2D eigenvalue weighted by Gasteiger charge is -2.16. The average molecular weight is 419 g/mol. The summed E-state index contributed by atoms with van der Waals surface area (Å²) in [7, 11) is 0. The number of rotatable bonds is 8. The summed E-state index contributed by atoms with van der Waals surface area (Å²) < 4.78 is 12.0. The zero-order valence-corrected chi connectivity index (χ0v) is 17.1. The number of hydrogen-bond acceptors (Lipinski definition) is 5. The molecule has 1 aliphatic heterocycles. The smallest absolute Gasteiger partial charge is 0.407 e. The minimum absolute atomic E-state index is 0.227. The van der Waals surface area contributed by atoms with Gasteiger partial charge in [-0.1, -0.05) is 60.7 Å². The fourth-order valence-corrected chi connectivity index (χ4v) is 3.41. The van der Waals surface area contributed by atoms with Crippen molar-refractivity contribution in [2.24, 2.45) is 0 Å². The molecule has 0 bridgehead atoms. The molecule has 1 aromatic heterocycles. The molecule has 0 spiro atoms. The van der Waals surface area contributed by atoms with E-state index in [1.165, 1.54) is 4.90 Å². The Morgan fingerprint density at radius 3 is 2.45 bits per heavy atom. The molecule has 31 heavy (non-hydrogen) atoms. The number of pyridine rings is 1.